The summed E-state index contributed by atoms with van der Waals surface area (Å²) in [6, 6.07) is 6.80. The molecule has 0 heteroatoms. The minimum absolute atomic E-state index is 0.694. The molecule has 0 aliphatic carbocycles. The van der Waals surface area contributed by atoms with Crippen LogP contribution in [0, 0.1) is 19.8 Å². The van der Waals surface area contributed by atoms with E-state index >= 15 is 0 Å². The van der Waals surface area contributed by atoms with E-state index in [9.17, 15) is 0 Å². The predicted octanol–water partition coefficient (Wildman–Crippen LogP) is 5.87. The molecule has 98 valence electrons. The maximum absolute atomic E-state index is 2.36. The maximum Gasteiger partial charge on any atom is -0.0185 e. The van der Waals surface area contributed by atoms with E-state index < -0.39 is 0 Å². The van der Waals surface area contributed by atoms with Crippen molar-refractivity contribution in [1.29, 1.82) is 0 Å². The van der Waals surface area contributed by atoms with Gasteiger partial charge in [0.15, 0.2) is 0 Å². The van der Waals surface area contributed by atoms with Crippen LogP contribution in [0.25, 0.3) is 0 Å². The Labute approximate surface area is 108 Å². The first-order valence-electron chi connectivity index (χ1n) is 7.11. The molecule has 2 atom stereocenters. The summed E-state index contributed by atoms with van der Waals surface area (Å²) in [7, 11) is 0. The monoisotopic (exact) mass is 234 g/mol. The number of aryl methyl sites for hydroxylation is 2. The lowest BCUT2D eigenvalue weighted by molar-refractivity contribution is 0.470. The van der Waals surface area contributed by atoms with E-state index in [0.717, 1.165) is 5.92 Å². The molecule has 0 aromatic heterocycles. The van der Waals surface area contributed by atoms with Crippen molar-refractivity contribution < 1.29 is 0 Å². The smallest absolute Gasteiger partial charge is 0.0185 e. The van der Waals surface area contributed by atoms with Crippen LogP contribution in [-0.4, -0.2) is 0 Å². The quantitative estimate of drug-likeness (QED) is 0.611. The Bertz CT molecular complexity index is 312. The lowest BCUT2D eigenvalue weighted by Gasteiger charge is -2.18. The molecule has 0 heterocycles. The van der Waals surface area contributed by atoms with Gasteiger partial charge in [0.2, 0.25) is 0 Å². The number of hydrogen-bond acceptors (Lipinski definition) is 0. The third-order valence-corrected chi connectivity index (χ3v) is 3.42. The largest absolute Gasteiger partial charge is 0.0683 e. The van der Waals surface area contributed by atoms with E-state index in [1.165, 1.54) is 29.5 Å². The summed E-state index contributed by atoms with van der Waals surface area (Å²) < 4.78 is 0. The Hall–Kier alpha value is -0.780. The van der Waals surface area contributed by atoms with E-state index in [1.807, 2.05) is 13.8 Å². The van der Waals surface area contributed by atoms with Crippen LogP contribution in [0.15, 0.2) is 18.2 Å². The molecule has 0 radical (unpaired) electrons. The van der Waals surface area contributed by atoms with Gasteiger partial charge in [-0.15, -0.1) is 0 Å². The van der Waals surface area contributed by atoms with Gasteiger partial charge in [0.1, 0.15) is 0 Å². The molecule has 0 amide bonds. The fourth-order valence-electron chi connectivity index (χ4n) is 2.19. The summed E-state index contributed by atoms with van der Waals surface area (Å²) in [6.45, 7) is 15.4. The van der Waals surface area contributed by atoms with Crippen molar-refractivity contribution >= 4 is 0 Å². The molecule has 1 unspecified atom stereocenters. The van der Waals surface area contributed by atoms with Crippen LogP contribution in [0.1, 0.15) is 70.1 Å². The molecule has 0 fully saturated rings. The van der Waals surface area contributed by atoms with Gasteiger partial charge in [-0.25, -0.2) is 0 Å². The first-order valence-corrected chi connectivity index (χ1v) is 7.11. The molecule has 0 nitrogen and oxygen atoms in total. The van der Waals surface area contributed by atoms with Crippen LogP contribution in [0.5, 0.6) is 0 Å². The molecule has 0 saturated carbocycles. The molecule has 0 aliphatic rings. The van der Waals surface area contributed by atoms with Gasteiger partial charge < -0.3 is 0 Å². The van der Waals surface area contributed by atoms with Gasteiger partial charge in [0, 0.05) is 0 Å². The normalized spacial score (nSPS) is 13.6. The van der Waals surface area contributed by atoms with Crippen molar-refractivity contribution in [2.24, 2.45) is 5.92 Å². The Kier molecular flexibility index (Phi) is 7.95. The van der Waals surface area contributed by atoms with Gasteiger partial charge in [0.05, 0.1) is 0 Å². The molecular formula is C17H30. The Morgan fingerprint density at radius 2 is 1.65 bits per heavy atom. The summed E-state index contributed by atoms with van der Waals surface area (Å²) in [6.07, 6.45) is 2.59. The van der Waals surface area contributed by atoms with Crippen LogP contribution in [0.3, 0.4) is 0 Å². The highest BCUT2D eigenvalue weighted by Gasteiger charge is 2.11. The molecule has 0 aliphatic heterocycles. The Balaban J connectivity index is 0.00000121. The van der Waals surface area contributed by atoms with Crippen molar-refractivity contribution in [3.63, 3.8) is 0 Å². The molecule has 1 aromatic carbocycles. The van der Waals surface area contributed by atoms with E-state index in [2.05, 4.69) is 52.8 Å². The summed E-state index contributed by atoms with van der Waals surface area (Å²) in [5.74, 6) is 1.53. The zero-order valence-corrected chi connectivity index (χ0v) is 12.8. The summed E-state index contributed by atoms with van der Waals surface area (Å²) in [4.78, 5) is 0. The molecule has 1 aromatic rings. The zero-order chi connectivity index (χ0) is 13.4. The third kappa shape index (κ3) is 5.39. The topological polar surface area (TPSA) is 0 Å². The maximum atomic E-state index is 2.36. The molecule has 1 rings (SSSR count). The lowest BCUT2D eigenvalue weighted by atomic mass is 9.87. The standard InChI is InChI=1S/C15H24.C2H6/c1-6-11(2)9-14(5)15-10-12(3)7-8-13(15)4;1-2/h7-8,10-11,14H,6,9H2,1-5H3;1-2H3/t11-,14?;/m1./s1. The first kappa shape index (κ1) is 16.2. The van der Waals surface area contributed by atoms with Gasteiger partial charge in [-0.3, -0.25) is 0 Å². The van der Waals surface area contributed by atoms with Gasteiger partial charge in [0.25, 0.3) is 0 Å². The zero-order valence-electron chi connectivity index (χ0n) is 12.8. The van der Waals surface area contributed by atoms with Crippen LogP contribution in [-0.2, 0) is 0 Å². The van der Waals surface area contributed by atoms with Crippen molar-refractivity contribution in [3.05, 3.63) is 34.9 Å². The van der Waals surface area contributed by atoms with Gasteiger partial charge in [-0.1, -0.05) is 64.8 Å². The van der Waals surface area contributed by atoms with E-state index in [1.54, 1.807) is 0 Å². The van der Waals surface area contributed by atoms with Crippen molar-refractivity contribution in [1.82, 2.24) is 0 Å². The summed E-state index contributed by atoms with van der Waals surface area (Å²) in [5.41, 5.74) is 4.36. The van der Waals surface area contributed by atoms with E-state index in [-0.39, 0.29) is 0 Å². The fourth-order valence-corrected chi connectivity index (χ4v) is 2.19. The van der Waals surface area contributed by atoms with Crippen molar-refractivity contribution in [3.8, 4) is 0 Å². The Morgan fingerprint density at radius 1 is 1.06 bits per heavy atom. The summed E-state index contributed by atoms with van der Waals surface area (Å²) in [5, 5.41) is 0. The second-order valence-electron chi connectivity index (χ2n) is 5.01. The highest BCUT2D eigenvalue weighted by Crippen LogP contribution is 2.27. The van der Waals surface area contributed by atoms with Crippen LogP contribution in [0.4, 0.5) is 0 Å². The molecule has 0 N–H and O–H groups in total. The van der Waals surface area contributed by atoms with E-state index in [0.29, 0.717) is 5.92 Å². The number of hydrogen-bond donors (Lipinski definition) is 0. The second-order valence-corrected chi connectivity index (χ2v) is 5.01. The SMILES string of the molecule is CC.CC[C@@H](C)CC(C)c1cc(C)ccc1C. The van der Waals surface area contributed by atoms with Gasteiger partial charge >= 0.3 is 0 Å². The number of rotatable bonds is 4. The predicted molar refractivity (Wildman–Crippen MR) is 79.8 cm³/mol. The van der Waals surface area contributed by atoms with Crippen LogP contribution in [0.2, 0.25) is 0 Å². The van der Waals surface area contributed by atoms with Crippen molar-refractivity contribution in [2.45, 2.75) is 67.2 Å². The molecular weight excluding hydrogens is 204 g/mol. The highest BCUT2D eigenvalue weighted by molar-refractivity contribution is 5.32. The minimum atomic E-state index is 0.694. The molecule has 0 bridgehead atoms. The number of benzene rings is 1. The van der Waals surface area contributed by atoms with Crippen molar-refractivity contribution in [2.75, 3.05) is 0 Å². The summed E-state index contributed by atoms with van der Waals surface area (Å²) >= 11 is 0. The lowest BCUT2D eigenvalue weighted by Crippen LogP contribution is -2.03. The van der Waals surface area contributed by atoms with Gasteiger partial charge in [-0.05, 0) is 43.2 Å². The molecule has 0 saturated heterocycles. The van der Waals surface area contributed by atoms with Gasteiger partial charge in [-0.2, -0.15) is 0 Å². The average Bonchev–Trinajstić information content (AvgIpc) is 2.34. The molecule has 0 spiro atoms. The van der Waals surface area contributed by atoms with Crippen LogP contribution < -0.4 is 0 Å². The first-order chi connectivity index (χ1) is 8.04. The van der Waals surface area contributed by atoms with E-state index in [4.69, 9.17) is 0 Å². The van der Waals surface area contributed by atoms with Crippen LogP contribution >= 0.6 is 0 Å². The minimum Gasteiger partial charge on any atom is -0.0683 e. The third-order valence-electron chi connectivity index (χ3n) is 3.42. The highest BCUT2D eigenvalue weighted by atomic mass is 14.2. The molecule has 17 heavy (non-hydrogen) atoms. The second kappa shape index (κ2) is 8.33. The average molecular weight is 234 g/mol. The fraction of sp³-hybridized carbons (Fsp3) is 0.647. The Morgan fingerprint density at radius 3 is 2.18 bits per heavy atom.